The monoisotopic (exact) mass is 452 g/mol. The van der Waals surface area contributed by atoms with E-state index in [1.807, 2.05) is 55.5 Å². The number of fused-ring (bicyclic) bond motifs is 3. The van der Waals surface area contributed by atoms with E-state index in [-0.39, 0.29) is 25.0 Å². The molecule has 3 N–H and O–H groups in total. The van der Waals surface area contributed by atoms with Crippen molar-refractivity contribution in [1.82, 2.24) is 10.2 Å². The molecule has 174 valence electrons. The van der Waals surface area contributed by atoms with E-state index in [9.17, 15) is 24.6 Å². The number of benzene rings is 2. The summed E-state index contributed by atoms with van der Waals surface area (Å²) in [6.07, 6.45) is -0.697. The minimum atomic E-state index is -1.27. The third kappa shape index (κ3) is 4.57. The van der Waals surface area contributed by atoms with Crippen molar-refractivity contribution in [1.29, 1.82) is 0 Å². The zero-order chi connectivity index (χ0) is 23.5. The highest BCUT2D eigenvalue weighted by Crippen LogP contribution is 2.44. The fourth-order valence-corrected chi connectivity index (χ4v) is 4.92. The molecule has 1 saturated heterocycles. The molecule has 2 aromatic carbocycles. The second-order valence-electron chi connectivity index (χ2n) is 8.67. The molecular weight excluding hydrogens is 424 g/mol. The highest BCUT2D eigenvalue weighted by molar-refractivity contribution is 5.89. The Kier molecular flexibility index (Phi) is 6.65. The molecule has 1 aliphatic heterocycles. The van der Waals surface area contributed by atoms with Crippen molar-refractivity contribution in [3.8, 4) is 11.1 Å². The van der Waals surface area contributed by atoms with Crippen LogP contribution in [0.3, 0.4) is 0 Å². The Labute approximate surface area is 192 Å². The summed E-state index contributed by atoms with van der Waals surface area (Å²) in [5.74, 6) is -1.77. The lowest BCUT2D eigenvalue weighted by molar-refractivity contribution is -0.143. The first-order valence-corrected chi connectivity index (χ1v) is 11.1. The molecule has 2 aromatic rings. The fraction of sp³-hybridized carbons (Fsp3) is 0.400. The fourth-order valence-electron chi connectivity index (χ4n) is 4.92. The second kappa shape index (κ2) is 9.62. The number of aliphatic hydroxyl groups excluding tert-OH is 1. The van der Waals surface area contributed by atoms with Gasteiger partial charge in [0.1, 0.15) is 12.6 Å². The normalized spacial score (nSPS) is 20.1. The zero-order valence-electron chi connectivity index (χ0n) is 18.4. The van der Waals surface area contributed by atoms with E-state index in [4.69, 9.17) is 4.74 Å². The summed E-state index contributed by atoms with van der Waals surface area (Å²) >= 11 is 0. The van der Waals surface area contributed by atoms with Crippen molar-refractivity contribution in [2.75, 3.05) is 19.8 Å². The number of rotatable bonds is 7. The lowest BCUT2D eigenvalue weighted by Crippen LogP contribution is -2.52. The predicted molar refractivity (Wildman–Crippen MR) is 121 cm³/mol. The van der Waals surface area contributed by atoms with Gasteiger partial charge in [-0.3, -0.25) is 9.59 Å². The maximum atomic E-state index is 13.0. The summed E-state index contributed by atoms with van der Waals surface area (Å²) in [5, 5.41) is 21.4. The number of nitrogens with zero attached hydrogens (tertiary/aromatic N) is 1. The van der Waals surface area contributed by atoms with Crippen LogP contribution in [-0.4, -0.2) is 64.9 Å². The molecule has 8 heteroatoms. The summed E-state index contributed by atoms with van der Waals surface area (Å²) in [6, 6.07) is 14.2. The Hall–Kier alpha value is -3.39. The van der Waals surface area contributed by atoms with Gasteiger partial charge >= 0.3 is 12.1 Å². The number of aliphatic hydroxyl groups is 1. The summed E-state index contributed by atoms with van der Waals surface area (Å²) in [5.41, 5.74) is 4.31. The highest BCUT2D eigenvalue weighted by atomic mass is 16.5. The number of hydrogen-bond acceptors (Lipinski definition) is 5. The number of hydrogen-bond donors (Lipinski definition) is 3. The number of alkyl carbamates (subject to hydrolysis) is 1. The van der Waals surface area contributed by atoms with Gasteiger partial charge in [0.15, 0.2) is 0 Å². The number of carbonyl (C=O) groups is 3. The van der Waals surface area contributed by atoms with E-state index in [2.05, 4.69) is 5.32 Å². The Balaban J connectivity index is 1.44. The molecule has 4 rings (SSSR count). The topological polar surface area (TPSA) is 116 Å². The zero-order valence-corrected chi connectivity index (χ0v) is 18.4. The van der Waals surface area contributed by atoms with Gasteiger partial charge in [-0.05, 0) is 34.6 Å². The Bertz CT molecular complexity index is 1010. The number of nitrogens with one attached hydrogen (secondary N) is 1. The molecule has 2 amide bonds. The highest BCUT2D eigenvalue weighted by Gasteiger charge is 2.38. The summed E-state index contributed by atoms with van der Waals surface area (Å²) < 4.78 is 5.48. The Morgan fingerprint density at radius 1 is 1.09 bits per heavy atom. The summed E-state index contributed by atoms with van der Waals surface area (Å²) in [4.78, 5) is 38.4. The number of carbonyl (C=O) groups excluding carboxylic acids is 2. The second-order valence-corrected chi connectivity index (χ2v) is 8.67. The minimum absolute atomic E-state index is 0.0633. The molecule has 8 nitrogen and oxygen atoms in total. The van der Waals surface area contributed by atoms with Crippen molar-refractivity contribution < 1.29 is 29.3 Å². The first-order valence-electron chi connectivity index (χ1n) is 11.1. The first-order chi connectivity index (χ1) is 15.9. The van der Waals surface area contributed by atoms with Gasteiger partial charge in [-0.15, -0.1) is 0 Å². The summed E-state index contributed by atoms with van der Waals surface area (Å²) in [7, 11) is 0. The molecule has 0 radical (unpaired) electrons. The lowest BCUT2D eigenvalue weighted by atomic mass is 9.98. The van der Waals surface area contributed by atoms with Crippen LogP contribution in [0.5, 0.6) is 0 Å². The van der Waals surface area contributed by atoms with Gasteiger partial charge in [-0.25, -0.2) is 4.79 Å². The van der Waals surface area contributed by atoms with Crippen LogP contribution < -0.4 is 5.32 Å². The number of likely N-dealkylation sites (tertiary alicyclic amines) is 1. The van der Waals surface area contributed by atoms with Crippen molar-refractivity contribution in [2.45, 2.75) is 37.8 Å². The molecule has 33 heavy (non-hydrogen) atoms. The quantitative estimate of drug-likeness (QED) is 0.595. The predicted octanol–water partition coefficient (Wildman–Crippen LogP) is 2.60. The third-order valence-electron chi connectivity index (χ3n) is 6.67. The number of carboxylic acids is 1. The van der Waals surface area contributed by atoms with E-state index >= 15 is 0 Å². The van der Waals surface area contributed by atoms with E-state index in [1.165, 1.54) is 4.90 Å². The van der Waals surface area contributed by atoms with E-state index in [0.717, 1.165) is 22.3 Å². The number of aliphatic carboxylic acids is 1. The average Bonchev–Trinajstić information content (AvgIpc) is 3.34. The maximum Gasteiger partial charge on any atom is 0.407 e. The molecule has 0 aromatic heterocycles. The van der Waals surface area contributed by atoms with E-state index < -0.39 is 36.5 Å². The van der Waals surface area contributed by atoms with Gasteiger partial charge < -0.3 is 25.2 Å². The van der Waals surface area contributed by atoms with Crippen LogP contribution >= 0.6 is 0 Å². The van der Waals surface area contributed by atoms with Crippen molar-refractivity contribution in [2.24, 2.45) is 5.92 Å². The molecule has 1 aliphatic carbocycles. The van der Waals surface area contributed by atoms with Gasteiger partial charge in [-0.2, -0.15) is 0 Å². The number of ether oxygens (including phenoxy) is 1. The lowest BCUT2D eigenvalue weighted by Gasteiger charge is -2.29. The molecule has 2 aliphatic rings. The van der Waals surface area contributed by atoms with Crippen LogP contribution in [0.15, 0.2) is 48.5 Å². The van der Waals surface area contributed by atoms with Gasteiger partial charge in [0.25, 0.3) is 0 Å². The van der Waals surface area contributed by atoms with Gasteiger partial charge in [0.05, 0.1) is 19.1 Å². The Morgan fingerprint density at radius 2 is 1.70 bits per heavy atom. The number of amides is 2. The van der Waals surface area contributed by atoms with Gasteiger partial charge in [0, 0.05) is 12.5 Å². The largest absolute Gasteiger partial charge is 0.481 e. The van der Waals surface area contributed by atoms with Crippen LogP contribution in [0.1, 0.15) is 36.8 Å². The van der Waals surface area contributed by atoms with E-state index in [0.29, 0.717) is 13.0 Å². The first kappa shape index (κ1) is 22.8. The Morgan fingerprint density at radius 3 is 2.27 bits per heavy atom. The van der Waals surface area contributed by atoms with E-state index in [1.54, 1.807) is 0 Å². The molecule has 3 unspecified atom stereocenters. The van der Waals surface area contributed by atoms with Gasteiger partial charge in [-0.1, -0.05) is 55.5 Å². The van der Waals surface area contributed by atoms with Crippen LogP contribution in [0, 0.1) is 5.92 Å². The molecule has 1 fully saturated rings. The smallest absolute Gasteiger partial charge is 0.407 e. The average molecular weight is 453 g/mol. The molecule has 0 spiro atoms. The van der Waals surface area contributed by atoms with Crippen LogP contribution in [0.4, 0.5) is 4.79 Å². The van der Waals surface area contributed by atoms with Gasteiger partial charge in [0.2, 0.25) is 5.91 Å². The molecule has 0 bridgehead atoms. The van der Waals surface area contributed by atoms with Crippen molar-refractivity contribution >= 4 is 18.0 Å². The van der Waals surface area contributed by atoms with Crippen LogP contribution in [0.2, 0.25) is 0 Å². The molecule has 0 saturated carbocycles. The molecule has 3 atom stereocenters. The summed E-state index contributed by atoms with van der Waals surface area (Å²) in [6.45, 7) is 2.19. The number of carboxylic acid groups (broad SMARTS) is 1. The van der Waals surface area contributed by atoms with Crippen molar-refractivity contribution in [3.05, 3.63) is 59.7 Å². The third-order valence-corrected chi connectivity index (χ3v) is 6.67. The molecule has 1 heterocycles. The standard InChI is InChI=1S/C25H28N2O6/c1-15-10-11-27(22(15)13-28)24(31)21(12-23(29)30)26-25(32)33-14-20-18-8-4-2-6-16(18)17-7-3-5-9-19(17)20/h2-9,15,20-22,28H,10-14H2,1H3,(H,26,32)(H,29,30). The van der Waals surface area contributed by atoms with Crippen LogP contribution in [0.25, 0.3) is 11.1 Å². The maximum absolute atomic E-state index is 13.0. The van der Waals surface area contributed by atoms with Crippen LogP contribution in [-0.2, 0) is 14.3 Å². The minimum Gasteiger partial charge on any atom is -0.481 e. The SMILES string of the molecule is CC1CCN(C(=O)C(CC(=O)O)NC(=O)OCC2c3ccccc3-c3ccccc32)C1CO. The van der Waals surface area contributed by atoms with Crippen molar-refractivity contribution in [3.63, 3.8) is 0 Å². The molecular formula is C25H28N2O6.